The first-order valence-electron chi connectivity index (χ1n) is 5.21. The number of aliphatic hydroxyl groups is 2. The van der Waals surface area contributed by atoms with Gasteiger partial charge in [0.1, 0.15) is 0 Å². The van der Waals surface area contributed by atoms with Crippen molar-refractivity contribution in [1.82, 2.24) is 5.32 Å². The molecular weight excluding hydrogens is 262 g/mol. The fraction of sp³-hybridized carbons (Fsp3) is 0.545. The van der Waals surface area contributed by atoms with E-state index in [9.17, 15) is 4.79 Å². The lowest BCUT2D eigenvalue weighted by Crippen LogP contribution is -2.52. The highest BCUT2D eigenvalue weighted by atomic mass is 35.5. The summed E-state index contributed by atoms with van der Waals surface area (Å²) in [6, 6.07) is 3.54. The molecular formula is C11H16ClNO3S. The second-order valence-electron chi connectivity index (χ2n) is 4.23. The summed E-state index contributed by atoms with van der Waals surface area (Å²) in [5, 5.41) is 20.8. The number of rotatable bonds is 5. The van der Waals surface area contributed by atoms with Crippen LogP contribution < -0.4 is 5.32 Å². The first kappa shape index (κ1) is 14.4. The summed E-state index contributed by atoms with van der Waals surface area (Å²) in [4.78, 5) is 12.8. The summed E-state index contributed by atoms with van der Waals surface area (Å²) in [6.07, 6.45) is 0. The Kier molecular flexibility index (Phi) is 4.94. The predicted octanol–water partition coefficient (Wildman–Crippen LogP) is 1.36. The first-order chi connectivity index (χ1) is 7.91. The highest BCUT2D eigenvalue weighted by Gasteiger charge is 2.27. The maximum absolute atomic E-state index is 11.9. The zero-order valence-corrected chi connectivity index (χ0v) is 11.3. The van der Waals surface area contributed by atoms with E-state index >= 15 is 0 Å². The van der Waals surface area contributed by atoms with E-state index in [0.717, 1.165) is 4.88 Å². The summed E-state index contributed by atoms with van der Waals surface area (Å²) in [7, 11) is 0. The quantitative estimate of drug-likeness (QED) is 0.761. The number of halogens is 1. The SMILES string of the molecule is CC(C(=O)NC(C)(CO)CO)c1ccc(Cl)s1. The monoisotopic (exact) mass is 277 g/mol. The molecule has 0 aliphatic rings. The van der Waals surface area contributed by atoms with Crippen LogP contribution in [0.1, 0.15) is 24.6 Å². The lowest BCUT2D eigenvalue weighted by atomic mass is 10.0. The number of carbonyl (C=O) groups excluding carboxylic acids is 1. The van der Waals surface area contributed by atoms with Crippen LogP contribution >= 0.6 is 22.9 Å². The Morgan fingerprint density at radius 1 is 1.53 bits per heavy atom. The maximum atomic E-state index is 11.9. The number of thiophene rings is 1. The van der Waals surface area contributed by atoms with E-state index in [1.165, 1.54) is 11.3 Å². The Balaban J connectivity index is 2.71. The van der Waals surface area contributed by atoms with Crippen LogP contribution in [0.2, 0.25) is 4.34 Å². The van der Waals surface area contributed by atoms with Gasteiger partial charge in [0.25, 0.3) is 0 Å². The van der Waals surface area contributed by atoms with Crippen molar-refractivity contribution in [3.63, 3.8) is 0 Å². The van der Waals surface area contributed by atoms with Gasteiger partial charge in [-0.2, -0.15) is 0 Å². The van der Waals surface area contributed by atoms with E-state index in [0.29, 0.717) is 4.34 Å². The molecule has 6 heteroatoms. The molecule has 0 aliphatic heterocycles. The highest BCUT2D eigenvalue weighted by molar-refractivity contribution is 7.16. The van der Waals surface area contributed by atoms with E-state index in [4.69, 9.17) is 21.8 Å². The molecule has 0 fully saturated rings. The van der Waals surface area contributed by atoms with Gasteiger partial charge in [-0.3, -0.25) is 4.79 Å². The van der Waals surface area contributed by atoms with Gasteiger partial charge >= 0.3 is 0 Å². The van der Waals surface area contributed by atoms with Gasteiger partial charge in [-0.1, -0.05) is 11.6 Å². The highest BCUT2D eigenvalue weighted by Crippen LogP contribution is 2.28. The lowest BCUT2D eigenvalue weighted by Gasteiger charge is -2.27. The largest absolute Gasteiger partial charge is 0.394 e. The zero-order valence-electron chi connectivity index (χ0n) is 9.74. The minimum absolute atomic E-state index is 0.242. The molecule has 0 aromatic carbocycles. The van der Waals surface area contributed by atoms with Gasteiger partial charge in [-0.05, 0) is 26.0 Å². The van der Waals surface area contributed by atoms with Gasteiger partial charge in [0, 0.05) is 4.88 Å². The minimum atomic E-state index is -0.994. The van der Waals surface area contributed by atoms with Crippen molar-refractivity contribution in [3.05, 3.63) is 21.3 Å². The molecule has 0 bridgehead atoms. The summed E-state index contributed by atoms with van der Waals surface area (Å²) in [6.45, 7) is 2.71. The van der Waals surface area contributed by atoms with E-state index < -0.39 is 5.54 Å². The fourth-order valence-electron chi connectivity index (χ4n) is 1.22. The molecule has 96 valence electrons. The molecule has 0 saturated heterocycles. The van der Waals surface area contributed by atoms with Gasteiger partial charge in [0.15, 0.2) is 0 Å². The molecule has 1 aromatic rings. The number of hydrogen-bond acceptors (Lipinski definition) is 4. The topological polar surface area (TPSA) is 69.6 Å². The molecule has 1 aromatic heterocycles. The van der Waals surface area contributed by atoms with E-state index in [1.54, 1.807) is 26.0 Å². The maximum Gasteiger partial charge on any atom is 0.228 e. The zero-order chi connectivity index (χ0) is 13.1. The van der Waals surface area contributed by atoms with Crippen LogP contribution in [0, 0.1) is 0 Å². The number of nitrogens with one attached hydrogen (secondary N) is 1. The Hall–Kier alpha value is -0.620. The number of aliphatic hydroxyl groups excluding tert-OH is 2. The second-order valence-corrected chi connectivity index (χ2v) is 5.98. The smallest absolute Gasteiger partial charge is 0.228 e. The Labute approximate surface area is 109 Å². The third-order valence-electron chi connectivity index (χ3n) is 2.54. The van der Waals surface area contributed by atoms with Crippen molar-refractivity contribution in [3.8, 4) is 0 Å². The van der Waals surface area contributed by atoms with E-state index in [1.807, 2.05) is 0 Å². The molecule has 4 nitrogen and oxygen atoms in total. The second kappa shape index (κ2) is 5.82. The molecule has 1 rings (SSSR count). The average molecular weight is 278 g/mol. The van der Waals surface area contributed by atoms with E-state index in [-0.39, 0.29) is 25.0 Å². The predicted molar refractivity (Wildman–Crippen MR) is 68.5 cm³/mol. The van der Waals surface area contributed by atoms with Crippen molar-refractivity contribution in [2.75, 3.05) is 13.2 Å². The normalized spacial score (nSPS) is 13.5. The van der Waals surface area contributed by atoms with Crippen molar-refractivity contribution in [2.24, 2.45) is 0 Å². The van der Waals surface area contributed by atoms with E-state index in [2.05, 4.69) is 5.32 Å². The first-order valence-corrected chi connectivity index (χ1v) is 6.40. The van der Waals surface area contributed by atoms with Crippen molar-refractivity contribution < 1.29 is 15.0 Å². The number of hydrogen-bond donors (Lipinski definition) is 3. The molecule has 0 saturated carbocycles. The van der Waals surface area contributed by atoms with Crippen LogP contribution in [0.4, 0.5) is 0 Å². The van der Waals surface area contributed by atoms with Gasteiger partial charge in [0.2, 0.25) is 5.91 Å². The molecule has 0 aliphatic carbocycles. The molecule has 1 unspecified atom stereocenters. The van der Waals surface area contributed by atoms with Gasteiger partial charge < -0.3 is 15.5 Å². The van der Waals surface area contributed by atoms with Crippen molar-refractivity contribution in [1.29, 1.82) is 0 Å². The molecule has 1 atom stereocenters. The lowest BCUT2D eigenvalue weighted by molar-refractivity contribution is -0.125. The molecule has 17 heavy (non-hydrogen) atoms. The molecule has 1 amide bonds. The summed E-state index contributed by atoms with van der Waals surface area (Å²) >= 11 is 7.15. The standard InChI is InChI=1S/C11H16ClNO3S/c1-7(8-3-4-9(12)17-8)10(16)13-11(2,5-14)6-15/h3-4,7,14-15H,5-6H2,1-2H3,(H,13,16). The Morgan fingerprint density at radius 3 is 2.53 bits per heavy atom. The van der Waals surface area contributed by atoms with Gasteiger partial charge in [-0.25, -0.2) is 0 Å². The summed E-state index contributed by atoms with van der Waals surface area (Å²) in [5.41, 5.74) is -0.994. The van der Waals surface area contributed by atoms with Crippen molar-refractivity contribution in [2.45, 2.75) is 25.3 Å². The number of carbonyl (C=O) groups is 1. The molecule has 0 spiro atoms. The van der Waals surface area contributed by atoms with Gasteiger partial charge in [0.05, 0.1) is 29.0 Å². The third kappa shape index (κ3) is 3.67. The fourth-order valence-corrected chi connectivity index (χ4v) is 2.34. The van der Waals surface area contributed by atoms with Gasteiger partial charge in [-0.15, -0.1) is 11.3 Å². The van der Waals surface area contributed by atoms with Crippen molar-refractivity contribution >= 4 is 28.8 Å². The molecule has 0 radical (unpaired) electrons. The van der Waals surface area contributed by atoms with Crippen LogP contribution in [-0.2, 0) is 4.79 Å². The summed E-state index contributed by atoms with van der Waals surface area (Å²) < 4.78 is 0.631. The minimum Gasteiger partial charge on any atom is -0.394 e. The third-order valence-corrected chi connectivity index (χ3v) is 3.95. The molecule has 1 heterocycles. The van der Waals surface area contributed by atoms with Crippen LogP contribution in [0.3, 0.4) is 0 Å². The van der Waals surface area contributed by atoms with Crippen LogP contribution in [-0.4, -0.2) is 34.9 Å². The van der Waals surface area contributed by atoms with Crippen LogP contribution in [0.25, 0.3) is 0 Å². The van der Waals surface area contributed by atoms with Crippen LogP contribution in [0.5, 0.6) is 0 Å². The summed E-state index contributed by atoms with van der Waals surface area (Å²) in [5.74, 6) is -0.598. The average Bonchev–Trinajstić information content (AvgIpc) is 2.74. The Bertz CT molecular complexity index is 390. The number of amides is 1. The molecule has 3 N–H and O–H groups in total. The Morgan fingerprint density at radius 2 is 2.12 bits per heavy atom. The van der Waals surface area contributed by atoms with Crippen LogP contribution in [0.15, 0.2) is 12.1 Å².